The van der Waals surface area contributed by atoms with Crippen LogP contribution < -0.4 is 5.32 Å². The third-order valence-corrected chi connectivity index (χ3v) is 3.33. The second-order valence-corrected chi connectivity index (χ2v) is 4.58. The third-order valence-electron chi connectivity index (χ3n) is 2.98. The van der Waals surface area contributed by atoms with Crippen LogP contribution in [0.3, 0.4) is 0 Å². The molecule has 1 aromatic rings. The summed E-state index contributed by atoms with van der Waals surface area (Å²) in [6, 6.07) is 10.8. The molecule has 80 valence electrons. The Bertz CT molecular complexity index is 315. The summed E-state index contributed by atoms with van der Waals surface area (Å²) in [5, 5.41) is 3.47. The second kappa shape index (κ2) is 5.26. The molecule has 0 saturated heterocycles. The molecule has 0 aromatic heterocycles. The maximum absolute atomic E-state index is 5.39. The molecule has 1 N–H and O–H groups in total. The normalized spacial score (nSPS) is 17.3. The topological polar surface area (TPSA) is 12.0 Å². The van der Waals surface area contributed by atoms with Crippen LogP contribution in [0.25, 0.3) is 0 Å². The van der Waals surface area contributed by atoms with Crippen LogP contribution in [-0.4, -0.2) is 11.0 Å². The summed E-state index contributed by atoms with van der Waals surface area (Å²) in [4.78, 5) is 0.905. The summed E-state index contributed by atoms with van der Waals surface area (Å²) < 4.78 is 0. The molecule has 0 heterocycles. The minimum absolute atomic E-state index is 0.603. The first-order valence-corrected chi connectivity index (χ1v) is 6.13. The zero-order valence-electron chi connectivity index (χ0n) is 8.91. The molecule has 2 heteroatoms. The summed E-state index contributed by atoms with van der Waals surface area (Å²) >= 11 is 5.39. The molecule has 1 nitrogen and oxygen atoms in total. The smallest absolute Gasteiger partial charge is 0.106 e. The van der Waals surface area contributed by atoms with Crippen molar-refractivity contribution in [2.45, 2.75) is 38.1 Å². The van der Waals surface area contributed by atoms with E-state index in [4.69, 9.17) is 12.2 Å². The summed E-state index contributed by atoms with van der Waals surface area (Å²) in [7, 11) is 0. The molecule has 1 aliphatic rings. The van der Waals surface area contributed by atoms with Gasteiger partial charge in [-0.3, -0.25) is 0 Å². The minimum Gasteiger partial charge on any atom is -0.373 e. The van der Waals surface area contributed by atoms with E-state index in [0.29, 0.717) is 6.04 Å². The molecular weight excluding hydrogens is 202 g/mol. The predicted octanol–water partition coefficient (Wildman–Crippen LogP) is 3.28. The largest absolute Gasteiger partial charge is 0.373 e. The molecule has 1 fully saturated rings. The summed E-state index contributed by atoms with van der Waals surface area (Å²) in [6.45, 7) is 0. The fourth-order valence-electron chi connectivity index (χ4n) is 2.11. The van der Waals surface area contributed by atoms with Gasteiger partial charge in [0.15, 0.2) is 0 Å². The van der Waals surface area contributed by atoms with Gasteiger partial charge in [0.05, 0.1) is 0 Å². The van der Waals surface area contributed by atoms with E-state index < -0.39 is 0 Å². The van der Waals surface area contributed by atoms with Gasteiger partial charge in [-0.15, -0.1) is 0 Å². The Hall–Kier alpha value is -0.890. The van der Waals surface area contributed by atoms with Gasteiger partial charge in [-0.2, -0.15) is 0 Å². The molecule has 0 radical (unpaired) electrons. The highest BCUT2D eigenvalue weighted by atomic mass is 32.1. The molecule has 1 aromatic carbocycles. The first kappa shape index (κ1) is 10.6. The van der Waals surface area contributed by atoms with E-state index in [0.717, 1.165) is 10.6 Å². The van der Waals surface area contributed by atoms with E-state index >= 15 is 0 Å². The van der Waals surface area contributed by atoms with Gasteiger partial charge in [0.2, 0.25) is 0 Å². The molecule has 0 unspecified atom stereocenters. The Morgan fingerprint density at radius 3 is 2.40 bits per heavy atom. The Labute approximate surface area is 96.9 Å². The highest BCUT2D eigenvalue weighted by Gasteiger charge is 2.14. The minimum atomic E-state index is 0.603. The summed E-state index contributed by atoms with van der Waals surface area (Å²) in [5.74, 6) is 0. The van der Waals surface area contributed by atoms with Crippen molar-refractivity contribution < 1.29 is 0 Å². The third kappa shape index (κ3) is 3.03. The predicted molar refractivity (Wildman–Crippen MR) is 68.2 cm³/mol. The lowest BCUT2D eigenvalue weighted by Gasteiger charge is -2.24. The molecule has 0 bridgehead atoms. The molecule has 15 heavy (non-hydrogen) atoms. The highest BCUT2D eigenvalue weighted by Crippen LogP contribution is 2.17. The van der Waals surface area contributed by atoms with Gasteiger partial charge >= 0.3 is 0 Å². The molecule has 0 amide bonds. The fourth-order valence-corrected chi connectivity index (χ4v) is 2.41. The van der Waals surface area contributed by atoms with Gasteiger partial charge in [0.25, 0.3) is 0 Å². The first-order valence-electron chi connectivity index (χ1n) is 5.72. The summed E-state index contributed by atoms with van der Waals surface area (Å²) in [6.07, 6.45) is 6.61. The van der Waals surface area contributed by atoms with Gasteiger partial charge in [-0.1, -0.05) is 61.8 Å². The average molecular weight is 219 g/mol. The standard InChI is InChI=1S/C13H17NS/c15-13(11-7-3-1-4-8-11)14-12-9-5-2-6-10-12/h1,3-4,7-8,12H,2,5-6,9-10H2,(H,14,15). The van der Waals surface area contributed by atoms with E-state index in [9.17, 15) is 0 Å². The van der Waals surface area contributed by atoms with Crippen LogP contribution in [0.5, 0.6) is 0 Å². The van der Waals surface area contributed by atoms with E-state index in [1.807, 2.05) is 18.2 Å². The van der Waals surface area contributed by atoms with Crippen LogP contribution in [-0.2, 0) is 0 Å². The number of nitrogens with one attached hydrogen (secondary N) is 1. The zero-order valence-corrected chi connectivity index (χ0v) is 9.72. The van der Waals surface area contributed by atoms with E-state index in [1.54, 1.807) is 0 Å². The Kier molecular flexibility index (Phi) is 3.73. The van der Waals surface area contributed by atoms with Crippen LogP contribution in [0.15, 0.2) is 30.3 Å². The number of hydrogen-bond donors (Lipinski definition) is 1. The number of benzene rings is 1. The zero-order chi connectivity index (χ0) is 10.5. The molecule has 2 rings (SSSR count). The van der Waals surface area contributed by atoms with Crippen molar-refractivity contribution in [1.29, 1.82) is 0 Å². The Morgan fingerprint density at radius 2 is 1.73 bits per heavy atom. The number of thiocarbonyl (C=S) groups is 1. The molecular formula is C13H17NS. The Morgan fingerprint density at radius 1 is 1.07 bits per heavy atom. The molecule has 0 atom stereocenters. The highest BCUT2D eigenvalue weighted by molar-refractivity contribution is 7.80. The van der Waals surface area contributed by atoms with Crippen molar-refractivity contribution >= 4 is 17.2 Å². The maximum Gasteiger partial charge on any atom is 0.106 e. The van der Waals surface area contributed by atoms with E-state index in [2.05, 4.69) is 17.4 Å². The van der Waals surface area contributed by atoms with Gasteiger partial charge < -0.3 is 5.32 Å². The maximum atomic E-state index is 5.39. The Balaban J connectivity index is 1.91. The van der Waals surface area contributed by atoms with Crippen LogP contribution in [0.2, 0.25) is 0 Å². The van der Waals surface area contributed by atoms with Gasteiger partial charge in [0, 0.05) is 11.6 Å². The quantitative estimate of drug-likeness (QED) is 0.766. The van der Waals surface area contributed by atoms with Gasteiger partial charge in [0.1, 0.15) is 4.99 Å². The van der Waals surface area contributed by atoms with Gasteiger partial charge in [-0.25, -0.2) is 0 Å². The van der Waals surface area contributed by atoms with Crippen LogP contribution in [0.1, 0.15) is 37.7 Å². The first-order chi connectivity index (χ1) is 7.36. The van der Waals surface area contributed by atoms with Crippen molar-refractivity contribution in [3.8, 4) is 0 Å². The monoisotopic (exact) mass is 219 g/mol. The summed E-state index contributed by atoms with van der Waals surface area (Å²) in [5.41, 5.74) is 1.14. The molecule has 0 spiro atoms. The van der Waals surface area contributed by atoms with Crippen molar-refractivity contribution in [3.63, 3.8) is 0 Å². The van der Waals surface area contributed by atoms with Crippen LogP contribution in [0, 0.1) is 0 Å². The average Bonchev–Trinajstić information content (AvgIpc) is 2.31. The lowest BCUT2D eigenvalue weighted by molar-refractivity contribution is 0.415. The van der Waals surface area contributed by atoms with Crippen LogP contribution >= 0.6 is 12.2 Å². The lowest BCUT2D eigenvalue weighted by atomic mass is 9.95. The van der Waals surface area contributed by atoms with Crippen molar-refractivity contribution in [2.75, 3.05) is 0 Å². The molecule has 1 saturated carbocycles. The van der Waals surface area contributed by atoms with Crippen molar-refractivity contribution in [3.05, 3.63) is 35.9 Å². The molecule has 0 aliphatic heterocycles. The van der Waals surface area contributed by atoms with E-state index in [1.165, 1.54) is 32.1 Å². The van der Waals surface area contributed by atoms with Crippen molar-refractivity contribution in [1.82, 2.24) is 5.32 Å². The SMILES string of the molecule is S=C(NC1CCCCC1)c1ccccc1. The fraction of sp³-hybridized carbons (Fsp3) is 0.462. The van der Waals surface area contributed by atoms with E-state index in [-0.39, 0.29) is 0 Å². The molecule has 1 aliphatic carbocycles. The van der Waals surface area contributed by atoms with Crippen molar-refractivity contribution in [2.24, 2.45) is 0 Å². The number of rotatable bonds is 2. The number of hydrogen-bond acceptors (Lipinski definition) is 1. The second-order valence-electron chi connectivity index (χ2n) is 4.17. The van der Waals surface area contributed by atoms with Crippen LogP contribution in [0.4, 0.5) is 0 Å². The van der Waals surface area contributed by atoms with Gasteiger partial charge in [-0.05, 0) is 12.8 Å². The lowest BCUT2D eigenvalue weighted by Crippen LogP contribution is -2.35.